The smallest absolute Gasteiger partial charge is 0.413 e. The van der Waals surface area contributed by atoms with Gasteiger partial charge in [-0.1, -0.05) is 19.9 Å². The molecule has 1 atom stereocenters. The normalized spacial score (nSPS) is 16.7. The second-order valence-electron chi connectivity index (χ2n) is 7.38. The van der Waals surface area contributed by atoms with Crippen LogP contribution >= 0.6 is 0 Å². The Morgan fingerprint density at radius 2 is 2.11 bits per heavy atom. The topological polar surface area (TPSA) is 83.9 Å². The van der Waals surface area contributed by atoms with E-state index in [0.29, 0.717) is 31.4 Å². The number of carbonyl (C=O) groups is 1. The molecule has 0 saturated carbocycles. The average Bonchev–Trinajstić information content (AvgIpc) is 3.09. The number of aliphatic hydroxyl groups excluding tert-OH is 1. The third-order valence-electron chi connectivity index (χ3n) is 3.91. The molecule has 0 aromatic carbocycles. The van der Waals surface area contributed by atoms with E-state index in [-0.39, 0.29) is 6.61 Å². The molecular formula is C20H35N3O4. The molecule has 1 aliphatic rings. The maximum absolute atomic E-state index is 12.0. The Morgan fingerprint density at radius 1 is 1.41 bits per heavy atom. The number of carbonyl (C=O) groups excluding carboxylic acids is 1. The van der Waals surface area contributed by atoms with Crippen LogP contribution in [-0.4, -0.2) is 60.1 Å². The molecule has 7 nitrogen and oxygen atoms in total. The van der Waals surface area contributed by atoms with Gasteiger partial charge in [0.15, 0.2) is 0 Å². The van der Waals surface area contributed by atoms with Crippen LogP contribution < -0.4 is 5.32 Å². The van der Waals surface area contributed by atoms with Gasteiger partial charge in [-0.15, -0.1) is 0 Å². The van der Waals surface area contributed by atoms with Gasteiger partial charge in [-0.3, -0.25) is 10.2 Å². The van der Waals surface area contributed by atoms with Gasteiger partial charge in [0, 0.05) is 25.6 Å². The highest BCUT2D eigenvalue weighted by molar-refractivity contribution is 5.83. The fraction of sp³-hybridized carbons (Fsp3) is 0.700. The number of anilines is 1. The Morgan fingerprint density at radius 3 is 2.67 bits per heavy atom. The van der Waals surface area contributed by atoms with Crippen LogP contribution in [0.3, 0.4) is 0 Å². The molecule has 154 valence electrons. The van der Waals surface area contributed by atoms with E-state index >= 15 is 0 Å². The second-order valence-corrected chi connectivity index (χ2v) is 7.38. The van der Waals surface area contributed by atoms with Crippen LogP contribution in [0, 0.1) is 0 Å². The van der Waals surface area contributed by atoms with Gasteiger partial charge in [-0.25, -0.2) is 9.78 Å². The van der Waals surface area contributed by atoms with Crippen molar-refractivity contribution < 1.29 is 19.4 Å². The maximum atomic E-state index is 12.0. The fourth-order valence-electron chi connectivity index (χ4n) is 2.77. The van der Waals surface area contributed by atoms with Crippen LogP contribution in [0.2, 0.25) is 0 Å². The van der Waals surface area contributed by atoms with E-state index in [1.54, 1.807) is 6.07 Å². The molecule has 0 aliphatic carbocycles. The average molecular weight is 382 g/mol. The lowest BCUT2D eigenvalue weighted by Gasteiger charge is -2.21. The SMILES string of the molecule is CC.CN(CCO)Cc1nc(NC(=O)OC(C)(C)C)ccc1C1CCOC1. The van der Waals surface area contributed by atoms with Gasteiger partial charge >= 0.3 is 6.09 Å². The molecule has 2 rings (SSSR count). The Labute approximate surface area is 163 Å². The van der Waals surface area contributed by atoms with Gasteiger partial charge in [-0.2, -0.15) is 0 Å². The zero-order valence-electron chi connectivity index (χ0n) is 17.5. The minimum Gasteiger partial charge on any atom is -0.444 e. The van der Waals surface area contributed by atoms with Gasteiger partial charge in [-0.05, 0) is 45.9 Å². The predicted molar refractivity (Wildman–Crippen MR) is 107 cm³/mol. The van der Waals surface area contributed by atoms with E-state index in [4.69, 9.17) is 14.6 Å². The fourth-order valence-corrected chi connectivity index (χ4v) is 2.77. The van der Waals surface area contributed by atoms with E-state index in [1.165, 1.54) is 0 Å². The highest BCUT2D eigenvalue weighted by Gasteiger charge is 2.23. The van der Waals surface area contributed by atoms with Crippen molar-refractivity contribution in [2.75, 3.05) is 38.7 Å². The molecule has 2 N–H and O–H groups in total. The van der Waals surface area contributed by atoms with E-state index in [2.05, 4.69) is 10.3 Å². The Kier molecular flexibility index (Phi) is 9.69. The summed E-state index contributed by atoms with van der Waals surface area (Å²) in [4.78, 5) is 18.6. The number of pyridine rings is 1. The Bertz CT molecular complexity index is 581. The van der Waals surface area contributed by atoms with E-state index in [9.17, 15) is 4.79 Å². The number of amides is 1. The zero-order chi connectivity index (χ0) is 20.4. The number of nitrogens with zero attached hydrogens (tertiary/aromatic N) is 2. The molecule has 1 aromatic rings. The van der Waals surface area contributed by atoms with Crippen molar-refractivity contribution in [1.29, 1.82) is 0 Å². The van der Waals surface area contributed by atoms with Crippen LogP contribution in [0.5, 0.6) is 0 Å². The first-order valence-corrected chi connectivity index (χ1v) is 9.65. The van der Waals surface area contributed by atoms with E-state index < -0.39 is 11.7 Å². The lowest BCUT2D eigenvalue weighted by atomic mass is 9.96. The largest absolute Gasteiger partial charge is 0.444 e. The summed E-state index contributed by atoms with van der Waals surface area (Å²) in [5, 5.41) is 11.8. The number of likely N-dealkylation sites (N-methyl/N-ethyl adjacent to an activating group) is 1. The van der Waals surface area contributed by atoms with Crippen LogP contribution in [0.25, 0.3) is 0 Å². The van der Waals surface area contributed by atoms with E-state index in [0.717, 1.165) is 24.3 Å². The molecule has 27 heavy (non-hydrogen) atoms. The summed E-state index contributed by atoms with van der Waals surface area (Å²) in [6.45, 7) is 12.2. The summed E-state index contributed by atoms with van der Waals surface area (Å²) in [5.74, 6) is 0.782. The summed E-state index contributed by atoms with van der Waals surface area (Å²) in [6.07, 6.45) is 0.448. The predicted octanol–water partition coefficient (Wildman–Crippen LogP) is 3.38. The van der Waals surface area contributed by atoms with Crippen molar-refractivity contribution in [1.82, 2.24) is 9.88 Å². The minimum absolute atomic E-state index is 0.0915. The van der Waals surface area contributed by atoms with Gasteiger partial charge in [0.05, 0.1) is 18.9 Å². The van der Waals surface area contributed by atoms with Crippen LogP contribution in [0.1, 0.15) is 58.2 Å². The van der Waals surface area contributed by atoms with Crippen molar-refractivity contribution in [3.63, 3.8) is 0 Å². The second kappa shape index (κ2) is 11.2. The first kappa shape index (κ1) is 23.3. The summed E-state index contributed by atoms with van der Waals surface area (Å²) < 4.78 is 10.8. The molecule has 1 amide bonds. The van der Waals surface area contributed by atoms with Crippen molar-refractivity contribution >= 4 is 11.9 Å². The molecule has 7 heteroatoms. The lowest BCUT2D eigenvalue weighted by molar-refractivity contribution is 0.0635. The number of ether oxygens (including phenoxy) is 2. The molecule has 1 unspecified atom stereocenters. The van der Waals surface area contributed by atoms with Gasteiger partial charge in [0.2, 0.25) is 0 Å². The summed E-state index contributed by atoms with van der Waals surface area (Å²) in [7, 11) is 1.93. The first-order chi connectivity index (χ1) is 12.8. The van der Waals surface area contributed by atoms with Crippen molar-refractivity contribution in [2.24, 2.45) is 0 Å². The van der Waals surface area contributed by atoms with Crippen molar-refractivity contribution in [2.45, 2.75) is 59.1 Å². The molecule has 0 bridgehead atoms. The molecule has 2 heterocycles. The molecule has 1 aliphatic heterocycles. The van der Waals surface area contributed by atoms with Gasteiger partial charge in [0.25, 0.3) is 0 Å². The molecule has 1 fully saturated rings. The molecule has 1 aromatic heterocycles. The minimum atomic E-state index is -0.560. The molecular weight excluding hydrogens is 346 g/mol. The number of aliphatic hydroxyl groups is 1. The lowest BCUT2D eigenvalue weighted by Crippen LogP contribution is -2.28. The van der Waals surface area contributed by atoms with Gasteiger partial charge < -0.3 is 14.6 Å². The number of aromatic nitrogens is 1. The summed E-state index contributed by atoms with van der Waals surface area (Å²) >= 11 is 0. The maximum Gasteiger partial charge on any atom is 0.413 e. The zero-order valence-corrected chi connectivity index (χ0v) is 17.5. The van der Waals surface area contributed by atoms with Crippen molar-refractivity contribution in [3.8, 4) is 0 Å². The number of rotatable bonds is 6. The van der Waals surface area contributed by atoms with Crippen molar-refractivity contribution in [3.05, 3.63) is 23.4 Å². The third-order valence-corrected chi connectivity index (χ3v) is 3.91. The summed E-state index contributed by atoms with van der Waals surface area (Å²) in [5.41, 5.74) is 1.46. The molecule has 0 radical (unpaired) electrons. The number of nitrogens with one attached hydrogen (secondary N) is 1. The summed E-state index contributed by atoms with van der Waals surface area (Å²) in [6, 6.07) is 3.80. The van der Waals surface area contributed by atoms with Gasteiger partial charge in [0.1, 0.15) is 11.4 Å². The Balaban J connectivity index is 0.00000176. The molecule has 0 spiro atoms. The Hall–Kier alpha value is -1.70. The third kappa shape index (κ3) is 8.24. The first-order valence-electron chi connectivity index (χ1n) is 9.65. The quantitative estimate of drug-likeness (QED) is 0.786. The number of hydrogen-bond acceptors (Lipinski definition) is 6. The monoisotopic (exact) mass is 381 g/mol. The standard InChI is InChI=1S/C18H29N3O4.C2H6/c1-18(2,3)25-17(23)20-16-6-5-14(13-7-10-24-12-13)15(19-16)11-21(4)8-9-22;1-2/h5-6,13,22H,7-12H2,1-4H3,(H,19,20,23);1-2H3. The highest BCUT2D eigenvalue weighted by atomic mass is 16.6. The highest BCUT2D eigenvalue weighted by Crippen LogP contribution is 2.29. The van der Waals surface area contributed by atoms with Crippen LogP contribution in [0.15, 0.2) is 12.1 Å². The number of hydrogen-bond donors (Lipinski definition) is 2. The van der Waals surface area contributed by atoms with Crippen LogP contribution in [-0.2, 0) is 16.0 Å². The van der Waals surface area contributed by atoms with Crippen LogP contribution in [0.4, 0.5) is 10.6 Å². The molecule has 1 saturated heterocycles. The van der Waals surface area contributed by atoms with E-state index in [1.807, 2.05) is 52.6 Å².